The van der Waals surface area contributed by atoms with Crippen LogP contribution in [0.1, 0.15) is 70.3 Å². The monoisotopic (exact) mass is 380 g/mol. The number of carbonyl (C=O) groups is 1. The van der Waals surface area contributed by atoms with Gasteiger partial charge in [-0.1, -0.05) is 12.8 Å². The number of hydrogen-bond donors (Lipinski definition) is 1. The van der Waals surface area contributed by atoms with E-state index in [9.17, 15) is 4.79 Å². The molecule has 1 amide bonds. The standard InChI is InChI=1S/C23H32N4O/c28-22(23(12-1-2-13-23)26-15-3-4-16-26)25-19-7-9-20(10-8-19)27-17-11-18-6-5-14-24-21(18)27/h5-6,11,14,17,19-20H,1-4,7-10,12-13,15-16H2,(H,25,28). The minimum Gasteiger partial charge on any atom is -0.352 e. The molecule has 0 atom stereocenters. The Kier molecular flexibility index (Phi) is 4.87. The predicted molar refractivity (Wildman–Crippen MR) is 111 cm³/mol. The van der Waals surface area contributed by atoms with Gasteiger partial charge in [-0.2, -0.15) is 0 Å². The van der Waals surface area contributed by atoms with Crippen LogP contribution in [0.15, 0.2) is 30.6 Å². The third-order valence-corrected chi connectivity index (χ3v) is 7.47. The Balaban J connectivity index is 1.23. The Hall–Kier alpha value is -1.88. The maximum absolute atomic E-state index is 13.3. The van der Waals surface area contributed by atoms with Crippen LogP contribution in [-0.2, 0) is 4.79 Å². The fourth-order valence-electron chi connectivity index (χ4n) is 5.89. The lowest BCUT2D eigenvalue weighted by atomic mass is 9.88. The molecule has 1 N–H and O–H groups in total. The highest BCUT2D eigenvalue weighted by Gasteiger charge is 2.47. The Labute approximate surface area is 167 Å². The van der Waals surface area contributed by atoms with E-state index < -0.39 is 0 Å². The van der Waals surface area contributed by atoms with Crippen LogP contribution in [0.2, 0.25) is 0 Å². The molecule has 2 aromatic heterocycles. The molecule has 150 valence electrons. The fraction of sp³-hybridized carbons (Fsp3) is 0.652. The summed E-state index contributed by atoms with van der Waals surface area (Å²) in [5.74, 6) is 0.323. The molecule has 5 nitrogen and oxygen atoms in total. The van der Waals surface area contributed by atoms with Gasteiger partial charge in [0.25, 0.3) is 0 Å². The molecule has 0 aromatic carbocycles. The molecule has 1 saturated heterocycles. The van der Waals surface area contributed by atoms with Gasteiger partial charge in [0.05, 0.1) is 0 Å². The van der Waals surface area contributed by atoms with Crippen molar-refractivity contribution in [1.82, 2.24) is 19.8 Å². The molecule has 3 heterocycles. The summed E-state index contributed by atoms with van der Waals surface area (Å²) in [4.78, 5) is 20.4. The van der Waals surface area contributed by atoms with Crippen molar-refractivity contribution in [1.29, 1.82) is 0 Å². The number of pyridine rings is 1. The van der Waals surface area contributed by atoms with Crippen molar-refractivity contribution >= 4 is 16.9 Å². The Morgan fingerprint density at radius 2 is 1.79 bits per heavy atom. The Morgan fingerprint density at radius 1 is 1.04 bits per heavy atom. The molecule has 0 bridgehead atoms. The number of aromatic nitrogens is 2. The average Bonchev–Trinajstić information content (AvgIpc) is 3.48. The van der Waals surface area contributed by atoms with E-state index in [1.54, 1.807) is 0 Å². The van der Waals surface area contributed by atoms with Gasteiger partial charge >= 0.3 is 0 Å². The van der Waals surface area contributed by atoms with Crippen LogP contribution in [0.4, 0.5) is 0 Å². The zero-order valence-corrected chi connectivity index (χ0v) is 16.8. The first-order valence-corrected chi connectivity index (χ1v) is 11.2. The van der Waals surface area contributed by atoms with Crippen LogP contribution in [0.3, 0.4) is 0 Å². The van der Waals surface area contributed by atoms with Crippen LogP contribution >= 0.6 is 0 Å². The third kappa shape index (κ3) is 3.14. The van der Waals surface area contributed by atoms with Gasteiger partial charge in [-0.05, 0) is 82.7 Å². The number of nitrogens with zero attached hydrogens (tertiary/aromatic N) is 3. The Morgan fingerprint density at radius 3 is 2.54 bits per heavy atom. The van der Waals surface area contributed by atoms with Crippen LogP contribution in [-0.4, -0.2) is 45.0 Å². The summed E-state index contributed by atoms with van der Waals surface area (Å²) >= 11 is 0. The second-order valence-corrected chi connectivity index (χ2v) is 9.05. The number of nitrogens with one attached hydrogen (secondary N) is 1. The topological polar surface area (TPSA) is 50.2 Å². The molecule has 3 aliphatic rings. The minimum atomic E-state index is -0.200. The van der Waals surface area contributed by atoms with Gasteiger partial charge in [-0.25, -0.2) is 4.98 Å². The molecule has 1 aliphatic heterocycles. The second-order valence-electron chi connectivity index (χ2n) is 9.05. The highest BCUT2D eigenvalue weighted by molar-refractivity contribution is 5.87. The zero-order valence-electron chi connectivity index (χ0n) is 16.8. The van der Waals surface area contributed by atoms with Crippen LogP contribution in [0.25, 0.3) is 11.0 Å². The first kappa shape index (κ1) is 18.2. The van der Waals surface area contributed by atoms with Crippen molar-refractivity contribution in [2.45, 2.75) is 81.8 Å². The number of likely N-dealkylation sites (tertiary alicyclic amines) is 1. The van der Waals surface area contributed by atoms with Gasteiger partial charge in [0, 0.05) is 29.9 Å². The number of fused-ring (bicyclic) bond motifs is 1. The second kappa shape index (κ2) is 7.51. The van der Waals surface area contributed by atoms with Gasteiger partial charge in [0.2, 0.25) is 5.91 Å². The number of carbonyl (C=O) groups excluding carboxylic acids is 1. The summed E-state index contributed by atoms with van der Waals surface area (Å²) in [6.45, 7) is 2.21. The maximum atomic E-state index is 13.3. The summed E-state index contributed by atoms with van der Waals surface area (Å²) in [5, 5.41) is 4.69. The summed E-state index contributed by atoms with van der Waals surface area (Å²) in [6.07, 6.45) is 15.4. The SMILES string of the molecule is O=C(NC1CCC(n2ccc3cccnc32)CC1)C1(N2CCCC2)CCCC1. The van der Waals surface area contributed by atoms with Gasteiger partial charge in [0.1, 0.15) is 11.2 Å². The number of rotatable bonds is 4. The van der Waals surface area contributed by atoms with Gasteiger partial charge in [0.15, 0.2) is 0 Å². The van der Waals surface area contributed by atoms with E-state index in [2.05, 4.69) is 38.1 Å². The molecule has 2 saturated carbocycles. The molecule has 5 rings (SSSR count). The van der Waals surface area contributed by atoms with Crippen molar-refractivity contribution in [3.8, 4) is 0 Å². The van der Waals surface area contributed by atoms with Crippen LogP contribution in [0.5, 0.6) is 0 Å². The third-order valence-electron chi connectivity index (χ3n) is 7.47. The smallest absolute Gasteiger partial charge is 0.240 e. The average molecular weight is 381 g/mol. The van der Waals surface area contributed by atoms with Crippen molar-refractivity contribution in [3.05, 3.63) is 30.6 Å². The first-order chi connectivity index (χ1) is 13.8. The molecule has 5 heteroatoms. The molecule has 0 unspecified atom stereocenters. The van der Waals surface area contributed by atoms with Crippen molar-refractivity contribution in [2.24, 2.45) is 0 Å². The van der Waals surface area contributed by atoms with E-state index in [-0.39, 0.29) is 5.54 Å². The number of hydrogen-bond acceptors (Lipinski definition) is 3. The minimum absolute atomic E-state index is 0.200. The molecule has 0 radical (unpaired) electrons. The molecular weight excluding hydrogens is 348 g/mol. The predicted octanol–water partition coefficient (Wildman–Crippen LogP) is 4.04. The molecule has 2 aromatic rings. The lowest BCUT2D eigenvalue weighted by Crippen LogP contribution is -2.58. The van der Waals surface area contributed by atoms with Gasteiger partial charge in [-0.15, -0.1) is 0 Å². The Bertz CT molecular complexity index is 824. The van der Waals surface area contributed by atoms with Crippen molar-refractivity contribution in [2.75, 3.05) is 13.1 Å². The van der Waals surface area contributed by atoms with E-state index >= 15 is 0 Å². The molecule has 2 aliphatic carbocycles. The molecular formula is C23H32N4O. The van der Waals surface area contributed by atoms with Crippen molar-refractivity contribution < 1.29 is 4.79 Å². The first-order valence-electron chi connectivity index (χ1n) is 11.2. The van der Waals surface area contributed by atoms with Crippen LogP contribution < -0.4 is 5.32 Å². The molecule has 0 spiro atoms. The van der Waals surface area contributed by atoms with E-state index in [1.165, 1.54) is 31.1 Å². The molecule has 3 fully saturated rings. The summed E-state index contributed by atoms with van der Waals surface area (Å²) < 4.78 is 2.34. The van der Waals surface area contributed by atoms with Gasteiger partial charge < -0.3 is 9.88 Å². The van der Waals surface area contributed by atoms with Gasteiger partial charge in [-0.3, -0.25) is 9.69 Å². The summed E-state index contributed by atoms with van der Waals surface area (Å²) in [6, 6.07) is 7.12. The highest BCUT2D eigenvalue weighted by atomic mass is 16.2. The normalized spacial score (nSPS) is 28.0. The fourth-order valence-corrected chi connectivity index (χ4v) is 5.89. The highest BCUT2D eigenvalue weighted by Crippen LogP contribution is 2.38. The molecule has 28 heavy (non-hydrogen) atoms. The lowest BCUT2D eigenvalue weighted by molar-refractivity contribution is -0.133. The largest absolute Gasteiger partial charge is 0.352 e. The van der Waals surface area contributed by atoms with Crippen LogP contribution in [0, 0.1) is 0 Å². The summed E-state index contributed by atoms with van der Waals surface area (Å²) in [7, 11) is 0. The lowest BCUT2D eigenvalue weighted by Gasteiger charge is -2.39. The number of amides is 1. The van der Waals surface area contributed by atoms with Crippen molar-refractivity contribution in [3.63, 3.8) is 0 Å². The zero-order chi connectivity index (χ0) is 19.0. The van der Waals surface area contributed by atoms with E-state index in [0.717, 1.165) is 57.3 Å². The van der Waals surface area contributed by atoms with E-state index in [4.69, 9.17) is 0 Å². The quantitative estimate of drug-likeness (QED) is 0.871. The van der Waals surface area contributed by atoms with E-state index in [0.29, 0.717) is 18.0 Å². The summed E-state index contributed by atoms with van der Waals surface area (Å²) in [5.41, 5.74) is 0.891. The van der Waals surface area contributed by atoms with E-state index in [1.807, 2.05) is 12.3 Å². The maximum Gasteiger partial charge on any atom is 0.240 e.